The number of aryl methyl sites for hydroxylation is 1. The van der Waals surface area contributed by atoms with Crippen LogP contribution in [0, 0.1) is 6.92 Å². The van der Waals surface area contributed by atoms with Crippen molar-refractivity contribution in [1.29, 1.82) is 0 Å². The molecule has 0 bridgehead atoms. The predicted molar refractivity (Wildman–Crippen MR) is 103 cm³/mol. The van der Waals surface area contributed by atoms with E-state index in [0.717, 1.165) is 18.9 Å². The van der Waals surface area contributed by atoms with Gasteiger partial charge in [0.05, 0.1) is 5.56 Å². The zero-order valence-electron chi connectivity index (χ0n) is 15.9. The zero-order chi connectivity index (χ0) is 20.8. The summed E-state index contributed by atoms with van der Waals surface area (Å²) in [5, 5.41) is 2.76. The highest BCUT2D eigenvalue weighted by Gasteiger charge is 2.35. The lowest BCUT2D eigenvalue weighted by Gasteiger charge is -2.18. The first-order valence-electron chi connectivity index (χ1n) is 9.65. The SMILES string of the molecule is Cc1ccc(/C(=C\[C@H]2CCC(=O)N2)c2ccc(C3CC3)c(=O)[nH]2)c(C(F)(F)F)c1. The fourth-order valence-corrected chi connectivity index (χ4v) is 3.77. The molecular weight excluding hydrogens is 381 g/mol. The van der Waals surface area contributed by atoms with Gasteiger partial charge in [-0.15, -0.1) is 0 Å². The van der Waals surface area contributed by atoms with Crippen molar-refractivity contribution in [2.75, 3.05) is 0 Å². The van der Waals surface area contributed by atoms with Gasteiger partial charge in [-0.2, -0.15) is 13.2 Å². The van der Waals surface area contributed by atoms with Gasteiger partial charge in [0.1, 0.15) is 0 Å². The molecule has 1 saturated carbocycles. The summed E-state index contributed by atoms with van der Waals surface area (Å²) in [5.41, 5.74) is 0.694. The van der Waals surface area contributed by atoms with E-state index in [1.54, 1.807) is 31.2 Å². The van der Waals surface area contributed by atoms with Crippen LogP contribution < -0.4 is 10.9 Å². The Hall–Kier alpha value is -2.83. The van der Waals surface area contributed by atoms with Crippen molar-refractivity contribution < 1.29 is 18.0 Å². The smallest absolute Gasteiger partial charge is 0.350 e. The molecule has 1 atom stereocenters. The number of alkyl halides is 3. The van der Waals surface area contributed by atoms with Crippen LogP contribution in [0.1, 0.15) is 59.5 Å². The molecule has 1 aromatic carbocycles. The number of halogens is 3. The Morgan fingerprint density at radius 1 is 1.10 bits per heavy atom. The van der Waals surface area contributed by atoms with Gasteiger partial charge in [-0.3, -0.25) is 9.59 Å². The predicted octanol–water partition coefficient (Wildman–Crippen LogP) is 4.29. The molecule has 152 valence electrons. The minimum atomic E-state index is -4.55. The van der Waals surface area contributed by atoms with Gasteiger partial charge in [0.25, 0.3) is 5.56 Å². The van der Waals surface area contributed by atoms with Gasteiger partial charge in [-0.25, -0.2) is 0 Å². The Balaban J connectivity index is 1.86. The highest BCUT2D eigenvalue weighted by Crippen LogP contribution is 2.40. The molecule has 0 spiro atoms. The molecule has 2 aliphatic rings. The number of pyridine rings is 1. The zero-order valence-corrected chi connectivity index (χ0v) is 15.9. The summed E-state index contributed by atoms with van der Waals surface area (Å²) in [6.07, 6.45) is -0.198. The maximum atomic E-state index is 13.8. The molecule has 2 N–H and O–H groups in total. The number of aromatic amines is 1. The average Bonchev–Trinajstić information content (AvgIpc) is 3.41. The van der Waals surface area contributed by atoms with Crippen molar-refractivity contribution >= 4 is 11.5 Å². The standard InChI is InChI=1S/C22H21F3N2O2/c1-12-2-6-16(18(10-12)22(23,24)25)17(11-14-5-9-20(28)26-14)19-8-7-15(13-3-4-13)21(29)27-19/h2,6-8,10-11,13-14H,3-5,9H2,1H3,(H,26,28)(H,27,29)/b17-11+/t14-/m1/s1. The Bertz CT molecular complexity index is 1050. The third-order valence-electron chi connectivity index (χ3n) is 5.41. The average molecular weight is 402 g/mol. The molecule has 7 heteroatoms. The molecule has 1 aliphatic carbocycles. The number of aromatic nitrogens is 1. The molecule has 0 unspecified atom stereocenters. The van der Waals surface area contributed by atoms with Crippen molar-refractivity contribution in [3.8, 4) is 0 Å². The van der Waals surface area contributed by atoms with E-state index in [-0.39, 0.29) is 34.6 Å². The van der Waals surface area contributed by atoms with Crippen LogP contribution >= 0.6 is 0 Å². The molecule has 1 aromatic heterocycles. The lowest BCUT2D eigenvalue weighted by atomic mass is 9.93. The minimum Gasteiger partial charge on any atom is -0.350 e. The van der Waals surface area contributed by atoms with Crippen LogP contribution in [0.5, 0.6) is 0 Å². The molecule has 2 fully saturated rings. The van der Waals surface area contributed by atoms with E-state index in [4.69, 9.17) is 0 Å². The Kier molecular flexibility index (Phi) is 4.84. The van der Waals surface area contributed by atoms with Gasteiger partial charge in [-0.05, 0) is 49.8 Å². The van der Waals surface area contributed by atoms with Gasteiger partial charge < -0.3 is 10.3 Å². The number of hydrogen-bond donors (Lipinski definition) is 2. The van der Waals surface area contributed by atoms with E-state index < -0.39 is 11.7 Å². The molecule has 2 heterocycles. The molecule has 1 saturated heterocycles. The Morgan fingerprint density at radius 3 is 2.45 bits per heavy atom. The number of nitrogens with one attached hydrogen (secondary N) is 2. The number of carbonyl (C=O) groups excluding carboxylic acids is 1. The molecule has 4 rings (SSSR count). The van der Waals surface area contributed by atoms with E-state index in [9.17, 15) is 22.8 Å². The van der Waals surface area contributed by atoms with Crippen molar-refractivity contribution in [3.05, 3.63) is 74.7 Å². The maximum Gasteiger partial charge on any atom is 0.417 e. The summed E-state index contributed by atoms with van der Waals surface area (Å²) in [7, 11) is 0. The van der Waals surface area contributed by atoms with Crippen LogP contribution in [-0.4, -0.2) is 16.9 Å². The van der Waals surface area contributed by atoms with Crippen LogP contribution in [-0.2, 0) is 11.0 Å². The minimum absolute atomic E-state index is 0.0147. The Morgan fingerprint density at radius 2 is 1.86 bits per heavy atom. The van der Waals surface area contributed by atoms with Crippen molar-refractivity contribution in [1.82, 2.24) is 10.3 Å². The molecule has 4 nitrogen and oxygen atoms in total. The lowest BCUT2D eigenvalue weighted by molar-refractivity contribution is -0.137. The number of carbonyl (C=O) groups is 1. The van der Waals surface area contributed by atoms with Gasteiger partial charge in [0, 0.05) is 29.3 Å². The topological polar surface area (TPSA) is 62.0 Å². The van der Waals surface area contributed by atoms with Crippen molar-refractivity contribution in [2.24, 2.45) is 0 Å². The van der Waals surface area contributed by atoms with E-state index >= 15 is 0 Å². The van der Waals surface area contributed by atoms with E-state index in [1.807, 2.05) is 0 Å². The van der Waals surface area contributed by atoms with E-state index in [2.05, 4.69) is 10.3 Å². The molecule has 29 heavy (non-hydrogen) atoms. The molecule has 1 aliphatic heterocycles. The fourth-order valence-electron chi connectivity index (χ4n) is 3.77. The van der Waals surface area contributed by atoms with Gasteiger partial charge in [0.2, 0.25) is 5.91 Å². The largest absolute Gasteiger partial charge is 0.417 e. The normalized spacial score (nSPS) is 20.1. The molecule has 1 amide bonds. The van der Waals surface area contributed by atoms with Gasteiger partial charge in [0.15, 0.2) is 0 Å². The summed E-state index contributed by atoms with van der Waals surface area (Å²) < 4.78 is 41.3. The number of amides is 1. The molecule has 2 aromatic rings. The highest BCUT2D eigenvalue weighted by molar-refractivity contribution is 5.83. The summed E-state index contributed by atoms with van der Waals surface area (Å²) in [6, 6.07) is 7.13. The number of benzene rings is 1. The van der Waals surface area contributed by atoms with E-state index in [1.165, 1.54) is 6.07 Å². The second-order valence-electron chi connectivity index (χ2n) is 7.77. The van der Waals surface area contributed by atoms with Crippen molar-refractivity contribution in [3.63, 3.8) is 0 Å². The summed E-state index contributed by atoms with van der Waals surface area (Å²) >= 11 is 0. The number of H-pyrrole nitrogens is 1. The van der Waals surface area contributed by atoms with Crippen LogP contribution in [0.3, 0.4) is 0 Å². The third kappa shape index (κ3) is 4.13. The monoisotopic (exact) mass is 402 g/mol. The van der Waals surface area contributed by atoms with Crippen LogP contribution in [0.15, 0.2) is 41.2 Å². The number of hydrogen-bond acceptors (Lipinski definition) is 2. The van der Waals surface area contributed by atoms with Crippen LogP contribution in [0.2, 0.25) is 0 Å². The first kappa shape index (κ1) is 19.5. The fraction of sp³-hybridized carbons (Fsp3) is 0.364. The van der Waals surface area contributed by atoms with Gasteiger partial charge >= 0.3 is 6.18 Å². The summed E-state index contributed by atoms with van der Waals surface area (Å²) in [4.78, 5) is 26.9. The Labute approximate surface area is 165 Å². The number of rotatable bonds is 4. The first-order valence-corrected chi connectivity index (χ1v) is 9.65. The van der Waals surface area contributed by atoms with Gasteiger partial charge in [-0.1, -0.05) is 29.8 Å². The highest BCUT2D eigenvalue weighted by atomic mass is 19.4. The molecular formula is C22H21F3N2O2. The molecule has 0 radical (unpaired) electrons. The van der Waals surface area contributed by atoms with Crippen molar-refractivity contribution in [2.45, 2.75) is 50.7 Å². The second-order valence-corrected chi connectivity index (χ2v) is 7.77. The van der Waals surface area contributed by atoms with Crippen LogP contribution in [0.4, 0.5) is 13.2 Å². The lowest BCUT2D eigenvalue weighted by Crippen LogP contribution is -2.24. The maximum absolute atomic E-state index is 13.8. The quantitative estimate of drug-likeness (QED) is 0.802. The van der Waals surface area contributed by atoms with Crippen LogP contribution in [0.25, 0.3) is 5.57 Å². The third-order valence-corrected chi connectivity index (χ3v) is 5.41. The summed E-state index contributed by atoms with van der Waals surface area (Å²) in [6.45, 7) is 1.60. The van der Waals surface area contributed by atoms with E-state index in [0.29, 0.717) is 29.7 Å². The summed E-state index contributed by atoms with van der Waals surface area (Å²) in [5.74, 6) is 0.0996. The second kappa shape index (κ2) is 7.21. The first-order chi connectivity index (χ1) is 13.7.